The van der Waals surface area contributed by atoms with Crippen LogP contribution in [0.5, 0.6) is 0 Å². The average Bonchev–Trinajstić information content (AvgIpc) is 2.58. The normalized spacial score (nSPS) is 15.7. The number of hydrogen-bond donors (Lipinski definition) is 0. The van der Waals surface area contributed by atoms with Crippen molar-refractivity contribution in [3.63, 3.8) is 0 Å². The molecule has 2 heterocycles. The zero-order valence-electron chi connectivity index (χ0n) is 13.8. The molecule has 2 aromatic rings. The summed E-state index contributed by atoms with van der Waals surface area (Å²) in [5.41, 5.74) is 4.18. The van der Waals surface area contributed by atoms with Crippen LogP contribution in [-0.4, -0.2) is 46.9 Å². The van der Waals surface area contributed by atoms with Crippen molar-refractivity contribution in [3.05, 3.63) is 65.0 Å². The number of carbonyl (C=O) groups is 1. The highest BCUT2D eigenvalue weighted by Gasteiger charge is 2.23. The van der Waals surface area contributed by atoms with Crippen molar-refractivity contribution in [3.8, 4) is 0 Å². The lowest BCUT2D eigenvalue weighted by Crippen LogP contribution is -2.48. The number of nitrogens with zero attached hydrogens (tertiary/aromatic N) is 3. The Hall–Kier alpha value is -2.20. The molecule has 1 fully saturated rings. The summed E-state index contributed by atoms with van der Waals surface area (Å²) in [5.74, 6) is 0.156. The third kappa shape index (κ3) is 3.59. The van der Waals surface area contributed by atoms with Gasteiger partial charge in [-0.1, -0.05) is 18.2 Å². The van der Waals surface area contributed by atoms with Crippen molar-refractivity contribution in [2.75, 3.05) is 26.2 Å². The van der Waals surface area contributed by atoms with Crippen LogP contribution in [0.25, 0.3) is 0 Å². The molecule has 4 nitrogen and oxygen atoms in total. The van der Waals surface area contributed by atoms with E-state index in [4.69, 9.17) is 0 Å². The van der Waals surface area contributed by atoms with Crippen molar-refractivity contribution >= 4 is 5.91 Å². The summed E-state index contributed by atoms with van der Waals surface area (Å²) in [4.78, 5) is 21.4. The van der Waals surface area contributed by atoms with E-state index in [0.29, 0.717) is 0 Å². The maximum Gasteiger partial charge on any atom is 0.254 e. The largest absolute Gasteiger partial charge is 0.336 e. The van der Waals surface area contributed by atoms with Crippen LogP contribution in [-0.2, 0) is 6.54 Å². The molecule has 23 heavy (non-hydrogen) atoms. The van der Waals surface area contributed by atoms with E-state index in [2.05, 4.69) is 22.9 Å². The monoisotopic (exact) mass is 309 g/mol. The second-order valence-electron chi connectivity index (χ2n) is 6.14. The van der Waals surface area contributed by atoms with Crippen molar-refractivity contribution < 1.29 is 4.79 Å². The molecule has 1 aromatic heterocycles. The predicted molar refractivity (Wildman–Crippen MR) is 91.3 cm³/mol. The van der Waals surface area contributed by atoms with Gasteiger partial charge >= 0.3 is 0 Å². The van der Waals surface area contributed by atoms with Gasteiger partial charge in [-0.25, -0.2) is 0 Å². The maximum absolute atomic E-state index is 12.7. The Bertz CT molecular complexity index is 676. The van der Waals surface area contributed by atoms with Crippen LogP contribution in [0.4, 0.5) is 0 Å². The molecular formula is C19H23N3O. The fraction of sp³-hybridized carbons (Fsp3) is 0.368. The Morgan fingerprint density at radius 2 is 1.83 bits per heavy atom. The number of rotatable bonds is 3. The van der Waals surface area contributed by atoms with E-state index in [1.54, 1.807) is 0 Å². The van der Waals surface area contributed by atoms with Gasteiger partial charge in [-0.15, -0.1) is 0 Å². The van der Waals surface area contributed by atoms with E-state index < -0.39 is 0 Å². The Balaban J connectivity index is 1.60. The lowest BCUT2D eigenvalue weighted by molar-refractivity contribution is 0.0626. The highest BCUT2D eigenvalue weighted by atomic mass is 16.2. The smallest absolute Gasteiger partial charge is 0.254 e. The second kappa shape index (κ2) is 6.92. The van der Waals surface area contributed by atoms with E-state index >= 15 is 0 Å². The number of piperazine rings is 1. The minimum Gasteiger partial charge on any atom is -0.336 e. The molecule has 1 saturated heterocycles. The molecule has 1 amide bonds. The van der Waals surface area contributed by atoms with Gasteiger partial charge < -0.3 is 4.90 Å². The SMILES string of the molecule is Cc1cccc(C(=O)N2CCN(Cc3ccccn3)CC2)c1C. The van der Waals surface area contributed by atoms with Gasteiger partial charge in [0.2, 0.25) is 0 Å². The van der Waals surface area contributed by atoms with Gasteiger partial charge in [0.25, 0.3) is 5.91 Å². The van der Waals surface area contributed by atoms with E-state index in [-0.39, 0.29) is 5.91 Å². The summed E-state index contributed by atoms with van der Waals surface area (Å²) in [6, 6.07) is 12.0. The Morgan fingerprint density at radius 3 is 2.52 bits per heavy atom. The fourth-order valence-electron chi connectivity index (χ4n) is 2.98. The highest BCUT2D eigenvalue weighted by Crippen LogP contribution is 2.16. The van der Waals surface area contributed by atoms with Crippen molar-refractivity contribution in [1.29, 1.82) is 0 Å². The Labute approximate surface area is 137 Å². The first kappa shape index (κ1) is 15.7. The van der Waals surface area contributed by atoms with E-state index in [1.165, 1.54) is 5.56 Å². The second-order valence-corrected chi connectivity index (χ2v) is 6.14. The number of amides is 1. The molecule has 0 atom stereocenters. The van der Waals surface area contributed by atoms with E-state index in [1.807, 2.05) is 48.4 Å². The number of pyridine rings is 1. The van der Waals surface area contributed by atoms with Gasteiger partial charge in [-0.3, -0.25) is 14.7 Å². The lowest BCUT2D eigenvalue weighted by Gasteiger charge is -2.34. The molecule has 0 bridgehead atoms. The molecule has 120 valence electrons. The van der Waals surface area contributed by atoms with Crippen LogP contribution < -0.4 is 0 Å². The first-order valence-electron chi connectivity index (χ1n) is 8.13. The molecule has 1 aliphatic heterocycles. The van der Waals surface area contributed by atoms with Crippen LogP contribution in [0.1, 0.15) is 27.2 Å². The standard InChI is InChI=1S/C19H23N3O/c1-15-6-5-8-18(16(15)2)19(23)22-12-10-21(11-13-22)14-17-7-3-4-9-20-17/h3-9H,10-14H2,1-2H3. The first-order valence-corrected chi connectivity index (χ1v) is 8.13. The molecule has 4 heteroatoms. The average molecular weight is 309 g/mol. The van der Waals surface area contributed by atoms with Crippen molar-refractivity contribution in [2.24, 2.45) is 0 Å². The Kier molecular flexibility index (Phi) is 4.72. The summed E-state index contributed by atoms with van der Waals surface area (Å²) in [7, 11) is 0. The minimum absolute atomic E-state index is 0.156. The molecule has 0 spiro atoms. The molecule has 1 aliphatic rings. The zero-order valence-corrected chi connectivity index (χ0v) is 13.8. The van der Waals surface area contributed by atoms with E-state index in [9.17, 15) is 4.79 Å². The predicted octanol–water partition coefficient (Wildman–Crippen LogP) is 2.66. The number of carbonyl (C=O) groups excluding carboxylic acids is 1. The molecule has 0 N–H and O–H groups in total. The number of hydrogen-bond acceptors (Lipinski definition) is 3. The van der Waals surface area contributed by atoms with Crippen LogP contribution in [0.3, 0.4) is 0 Å². The van der Waals surface area contributed by atoms with Crippen LogP contribution in [0.15, 0.2) is 42.6 Å². The molecule has 0 aliphatic carbocycles. The van der Waals surface area contributed by atoms with Crippen molar-refractivity contribution in [1.82, 2.24) is 14.8 Å². The quantitative estimate of drug-likeness (QED) is 0.874. The molecule has 0 unspecified atom stereocenters. The maximum atomic E-state index is 12.7. The minimum atomic E-state index is 0.156. The summed E-state index contributed by atoms with van der Waals surface area (Å²) in [6.07, 6.45) is 1.83. The third-order valence-corrected chi connectivity index (χ3v) is 4.61. The topological polar surface area (TPSA) is 36.4 Å². The summed E-state index contributed by atoms with van der Waals surface area (Å²) in [6.45, 7) is 8.28. The van der Waals surface area contributed by atoms with Gasteiger partial charge in [-0.2, -0.15) is 0 Å². The van der Waals surface area contributed by atoms with Crippen molar-refractivity contribution in [2.45, 2.75) is 20.4 Å². The first-order chi connectivity index (χ1) is 11.1. The zero-order chi connectivity index (χ0) is 16.2. The van der Waals surface area contributed by atoms with Gasteiger partial charge in [0.15, 0.2) is 0 Å². The van der Waals surface area contributed by atoms with Gasteiger partial charge in [0.05, 0.1) is 5.69 Å². The summed E-state index contributed by atoms with van der Waals surface area (Å²) < 4.78 is 0. The molecule has 1 aromatic carbocycles. The van der Waals surface area contributed by atoms with Crippen LogP contribution in [0.2, 0.25) is 0 Å². The van der Waals surface area contributed by atoms with E-state index in [0.717, 1.165) is 49.5 Å². The summed E-state index contributed by atoms with van der Waals surface area (Å²) in [5, 5.41) is 0. The Morgan fingerprint density at radius 1 is 1.04 bits per heavy atom. The third-order valence-electron chi connectivity index (χ3n) is 4.61. The molecule has 3 rings (SSSR count). The number of aryl methyl sites for hydroxylation is 1. The number of benzene rings is 1. The highest BCUT2D eigenvalue weighted by molar-refractivity contribution is 5.96. The van der Waals surface area contributed by atoms with Crippen LogP contribution >= 0.6 is 0 Å². The molecular weight excluding hydrogens is 286 g/mol. The van der Waals surface area contributed by atoms with Gasteiger partial charge in [0.1, 0.15) is 0 Å². The van der Waals surface area contributed by atoms with Crippen LogP contribution in [0, 0.1) is 13.8 Å². The fourth-order valence-corrected chi connectivity index (χ4v) is 2.98. The van der Waals surface area contributed by atoms with Gasteiger partial charge in [0, 0.05) is 44.5 Å². The molecule has 0 saturated carbocycles. The molecule has 0 radical (unpaired) electrons. The van der Waals surface area contributed by atoms with Gasteiger partial charge in [-0.05, 0) is 43.2 Å². The lowest BCUT2D eigenvalue weighted by atomic mass is 10.0. The summed E-state index contributed by atoms with van der Waals surface area (Å²) >= 11 is 0. The number of aromatic nitrogens is 1.